The maximum atomic E-state index is 10.8. The highest BCUT2D eigenvalue weighted by molar-refractivity contribution is 5.59. The second kappa shape index (κ2) is 7.65. The van der Waals surface area contributed by atoms with E-state index < -0.39 is 12.3 Å². The molecule has 1 atom stereocenters. The Morgan fingerprint density at radius 1 is 1.35 bits per heavy atom. The average molecular weight is 240 g/mol. The molecule has 0 aliphatic carbocycles. The van der Waals surface area contributed by atoms with E-state index in [0.29, 0.717) is 6.61 Å². The Hall–Kier alpha value is -1.59. The Labute approximate surface area is 99.9 Å². The fourth-order valence-corrected chi connectivity index (χ4v) is 1.19. The third kappa shape index (κ3) is 5.33. The number of benzene rings is 1. The zero-order valence-corrected chi connectivity index (χ0v) is 9.67. The quantitative estimate of drug-likeness (QED) is 0.760. The molecule has 1 unspecified atom stereocenters. The Kier molecular flexibility index (Phi) is 6.06. The van der Waals surface area contributed by atoms with E-state index in [2.05, 4.69) is 4.74 Å². The zero-order chi connectivity index (χ0) is 12.5. The molecule has 0 radical (unpaired) electrons. The van der Waals surface area contributed by atoms with Crippen LogP contribution >= 0.6 is 0 Å². The van der Waals surface area contributed by atoms with Crippen LogP contribution in [0.5, 0.6) is 0 Å². The first kappa shape index (κ1) is 13.5. The molecule has 1 rings (SSSR count). The summed E-state index contributed by atoms with van der Waals surface area (Å²) in [4.78, 5) is 10.8. The summed E-state index contributed by atoms with van der Waals surface area (Å²) in [5, 5.41) is 8.95. The van der Waals surface area contributed by atoms with Gasteiger partial charge >= 0.3 is 6.16 Å². The molecule has 94 valence electrons. The van der Waals surface area contributed by atoms with Crippen molar-refractivity contribution in [3.8, 4) is 0 Å². The van der Waals surface area contributed by atoms with E-state index in [1.165, 1.54) is 7.11 Å². The molecule has 0 fully saturated rings. The number of ether oxygens (including phenoxy) is 3. The lowest BCUT2D eigenvalue weighted by molar-refractivity contribution is -0.0343. The van der Waals surface area contributed by atoms with Gasteiger partial charge in [-0.2, -0.15) is 0 Å². The van der Waals surface area contributed by atoms with Crippen LogP contribution in [0.3, 0.4) is 0 Å². The van der Waals surface area contributed by atoms with Crippen molar-refractivity contribution in [1.82, 2.24) is 0 Å². The van der Waals surface area contributed by atoms with Crippen LogP contribution in [-0.2, 0) is 20.8 Å². The minimum Gasteiger partial charge on any atom is -0.438 e. The maximum absolute atomic E-state index is 10.8. The fourth-order valence-electron chi connectivity index (χ4n) is 1.19. The van der Waals surface area contributed by atoms with Gasteiger partial charge < -0.3 is 19.3 Å². The standard InChI is InChI=1S/C12H16O5/c1-15-12(14)17-11(7-13)9-16-8-10-5-3-2-4-6-10/h2-6,11,13H,7-9H2,1H3. The normalized spacial score (nSPS) is 11.9. The first-order chi connectivity index (χ1) is 8.26. The number of carbonyl (C=O) groups excluding carboxylic acids is 1. The van der Waals surface area contributed by atoms with Crippen LogP contribution in [0.1, 0.15) is 5.56 Å². The van der Waals surface area contributed by atoms with Crippen molar-refractivity contribution < 1.29 is 24.1 Å². The molecule has 0 aliphatic rings. The van der Waals surface area contributed by atoms with Crippen LogP contribution in [0, 0.1) is 0 Å². The lowest BCUT2D eigenvalue weighted by atomic mass is 10.2. The van der Waals surface area contributed by atoms with Crippen LogP contribution in [0.4, 0.5) is 4.79 Å². The van der Waals surface area contributed by atoms with Gasteiger partial charge in [-0.1, -0.05) is 30.3 Å². The van der Waals surface area contributed by atoms with Gasteiger partial charge in [-0.3, -0.25) is 0 Å². The smallest absolute Gasteiger partial charge is 0.438 e. The number of methoxy groups -OCH3 is 1. The van der Waals surface area contributed by atoms with Crippen molar-refractivity contribution in [2.75, 3.05) is 20.3 Å². The van der Waals surface area contributed by atoms with E-state index in [1.54, 1.807) is 0 Å². The third-order valence-electron chi connectivity index (χ3n) is 2.05. The number of carbonyl (C=O) groups is 1. The van der Waals surface area contributed by atoms with Crippen molar-refractivity contribution >= 4 is 6.16 Å². The molecule has 1 N–H and O–H groups in total. The topological polar surface area (TPSA) is 65.0 Å². The molecule has 0 heterocycles. The molecule has 0 bridgehead atoms. The van der Waals surface area contributed by atoms with E-state index in [9.17, 15) is 4.79 Å². The minimum absolute atomic E-state index is 0.125. The van der Waals surface area contributed by atoms with Gasteiger partial charge in [0.05, 0.1) is 26.9 Å². The van der Waals surface area contributed by atoms with Crippen molar-refractivity contribution in [3.05, 3.63) is 35.9 Å². The summed E-state index contributed by atoms with van der Waals surface area (Å²) in [6, 6.07) is 9.59. The maximum Gasteiger partial charge on any atom is 0.508 e. The molecular formula is C12H16O5. The van der Waals surface area contributed by atoms with E-state index in [-0.39, 0.29) is 13.2 Å². The second-order valence-electron chi connectivity index (χ2n) is 3.38. The van der Waals surface area contributed by atoms with Crippen molar-refractivity contribution in [3.63, 3.8) is 0 Å². The summed E-state index contributed by atoms with van der Waals surface area (Å²) in [5.41, 5.74) is 1.02. The van der Waals surface area contributed by atoms with Gasteiger partial charge in [0, 0.05) is 0 Å². The Morgan fingerprint density at radius 3 is 2.65 bits per heavy atom. The first-order valence-corrected chi connectivity index (χ1v) is 5.23. The van der Waals surface area contributed by atoms with E-state index in [1.807, 2.05) is 30.3 Å². The van der Waals surface area contributed by atoms with Crippen LogP contribution in [-0.4, -0.2) is 37.7 Å². The minimum atomic E-state index is -0.827. The summed E-state index contributed by atoms with van der Waals surface area (Å²) in [6.45, 7) is 0.228. The fraction of sp³-hybridized carbons (Fsp3) is 0.417. The summed E-state index contributed by atoms with van der Waals surface area (Å²) in [5.74, 6) is 0. The Morgan fingerprint density at radius 2 is 2.06 bits per heavy atom. The largest absolute Gasteiger partial charge is 0.508 e. The first-order valence-electron chi connectivity index (χ1n) is 5.23. The molecule has 0 amide bonds. The molecule has 5 nitrogen and oxygen atoms in total. The third-order valence-corrected chi connectivity index (χ3v) is 2.05. The zero-order valence-electron chi connectivity index (χ0n) is 9.67. The summed E-state index contributed by atoms with van der Waals surface area (Å²) >= 11 is 0. The average Bonchev–Trinajstić information content (AvgIpc) is 2.38. The molecule has 0 spiro atoms. The summed E-state index contributed by atoms with van der Waals surface area (Å²) in [6.07, 6.45) is -1.53. The van der Waals surface area contributed by atoms with Crippen LogP contribution in [0.25, 0.3) is 0 Å². The van der Waals surface area contributed by atoms with Gasteiger partial charge in [0.15, 0.2) is 6.10 Å². The van der Waals surface area contributed by atoms with E-state index in [0.717, 1.165) is 5.56 Å². The molecule has 0 aliphatic heterocycles. The number of rotatable bonds is 6. The van der Waals surface area contributed by atoms with Gasteiger partial charge in [-0.05, 0) is 5.56 Å². The van der Waals surface area contributed by atoms with E-state index >= 15 is 0 Å². The molecule has 1 aromatic carbocycles. The van der Waals surface area contributed by atoms with Gasteiger partial charge in [0.25, 0.3) is 0 Å². The Bertz CT molecular complexity index is 325. The van der Waals surface area contributed by atoms with Crippen molar-refractivity contribution in [2.45, 2.75) is 12.7 Å². The van der Waals surface area contributed by atoms with Crippen LogP contribution in [0.2, 0.25) is 0 Å². The van der Waals surface area contributed by atoms with Crippen LogP contribution in [0.15, 0.2) is 30.3 Å². The molecule has 0 aromatic heterocycles. The molecular weight excluding hydrogens is 224 g/mol. The summed E-state index contributed by atoms with van der Waals surface area (Å²) < 4.78 is 14.4. The molecule has 1 aromatic rings. The SMILES string of the molecule is COC(=O)OC(CO)COCc1ccccc1. The number of aliphatic hydroxyl groups is 1. The van der Waals surface area contributed by atoms with Gasteiger partial charge in [0.2, 0.25) is 0 Å². The Balaban J connectivity index is 2.26. The molecule has 0 saturated heterocycles. The number of hydrogen-bond donors (Lipinski definition) is 1. The van der Waals surface area contributed by atoms with Gasteiger partial charge in [0.1, 0.15) is 0 Å². The number of aliphatic hydroxyl groups excluding tert-OH is 1. The highest BCUT2D eigenvalue weighted by atomic mass is 16.7. The van der Waals surface area contributed by atoms with Crippen molar-refractivity contribution in [1.29, 1.82) is 0 Å². The lowest BCUT2D eigenvalue weighted by Gasteiger charge is -2.14. The van der Waals surface area contributed by atoms with Gasteiger partial charge in [-0.25, -0.2) is 4.79 Å². The van der Waals surface area contributed by atoms with E-state index in [4.69, 9.17) is 14.6 Å². The molecule has 17 heavy (non-hydrogen) atoms. The van der Waals surface area contributed by atoms with Crippen molar-refractivity contribution in [2.24, 2.45) is 0 Å². The predicted octanol–water partition coefficient (Wildman–Crippen LogP) is 1.35. The van der Waals surface area contributed by atoms with Gasteiger partial charge in [-0.15, -0.1) is 0 Å². The monoisotopic (exact) mass is 240 g/mol. The number of hydrogen-bond acceptors (Lipinski definition) is 5. The highest BCUT2D eigenvalue weighted by Crippen LogP contribution is 2.02. The summed E-state index contributed by atoms with van der Waals surface area (Å²) in [7, 11) is 1.21. The van der Waals surface area contributed by atoms with Crippen LogP contribution < -0.4 is 0 Å². The second-order valence-corrected chi connectivity index (χ2v) is 3.38. The predicted molar refractivity (Wildman–Crippen MR) is 60.5 cm³/mol. The highest BCUT2D eigenvalue weighted by Gasteiger charge is 2.13. The lowest BCUT2D eigenvalue weighted by Crippen LogP contribution is -2.27. The molecule has 5 heteroatoms. The molecule has 0 saturated carbocycles.